The summed E-state index contributed by atoms with van der Waals surface area (Å²) < 4.78 is 0. The third-order valence-corrected chi connectivity index (χ3v) is 4.11. The molecule has 0 saturated carbocycles. The Hall–Kier alpha value is -3.46. The number of hydrogen-bond acceptors (Lipinski definition) is 8. The number of nitrogens with zero attached hydrogens (tertiary/aromatic N) is 1. The standard InChI is InChI=1S/C17H31N7O8/c1-8(25)13(15(30)23-10(16(31)32)4-5-12(27)28)24-14(29)9(22-11(26)7-18)3-2-6-21-17(19)20/h8-10,13,25H,2-7,18H2,1H3,(H,22,26)(H,23,30)(H,24,29)(H,27,28)(H,31,32)(H4,19,20,21). The summed E-state index contributed by atoms with van der Waals surface area (Å²) in [6.45, 7) is 0.945. The maximum Gasteiger partial charge on any atom is 0.326 e. The molecule has 4 atom stereocenters. The van der Waals surface area contributed by atoms with E-state index in [1.807, 2.05) is 0 Å². The summed E-state index contributed by atoms with van der Waals surface area (Å²) in [5, 5.41) is 34.5. The minimum absolute atomic E-state index is 0.0683. The first-order chi connectivity index (χ1) is 14.9. The van der Waals surface area contributed by atoms with E-state index in [-0.39, 0.29) is 25.3 Å². The van der Waals surface area contributed by atoms with Gasteiger partial charge in [-0.15, -0.1) is 0 Å². The predicted octanol–water partition coefficient (Wildman–Crippen LogP) is -4.22. The summed E-state index contributed by atoms with van der Waals surface area (Å²) in [4.78, 5) is 62.4. The molecule has 182 valence electrons. The second-order valence-corrected chi connectivity index (χ2v) is 6.83. The molecule has 0 aliphatic rings. The molecule has 32 heavy (non-hydrogen) atoms. The van der Waals surface area contributed by atoms with E-state index in [1.165, 1.54) is 6.92 Å². The van der Waals surface area contributed by atoms with Crippen molar-refractivity contribution in [2.75, 3.05) is 13.1 Å². The van der Waals surface area contributed by atoms with E-state index < -0.39 is 73.3 Å². The topological polar surface area (TPSA) is 273 Å². The summed E-state index contributed by atoms with van der Waals surface area (Å²) in [5.41, 5.74) is 15.7. The molecule has 0 aromatic carbocycles. The lowest BCUT2D eigenvalue weighted by Crippen LogP contribution is -2.59. The van der Waals surface area contributed by atoms with Crippen LogP contribution in [0.15, 0.2) is 4.99 Å². The second-order valence-electron chi connectivity index (χ2n) is 6.83. The molecule has 12 N–H and O–H groups in total. The Morgan fingerprint density at radius 3 is 2.03 bits per heavy atom. The molecule has 0 aliphatic carbocycles. The number of carboxylic acids is 2. The molecule has 0 bridgehead atoms. The number of carbonyl (C=O) groups excluding carboxylic acids is 3. The van der Waals surface area contributed by atoms with Crippen molar-refractivity contribution in [3.05, 3.63) is 0 Å². The zero-order valence-electron chi connectivity index (χ0n) is 17.6. The molecule has 0 aromatic heterocycles. The van der Waals surface area contributed by atoms with Crippen LogP contribution in [-0.2, 0) is 24.0 Å². The van der Waals surface area contributed by atoms with Crippen molar-refractivity contribution in [2.24, 2.45) is 22.2 Å². The number of carboxylic acid groups (broad SMARTS) is 2. The lowest BCUT2D eigenvalue weighted by Gasteiger charge is -2.26. The fourth-order valence-corrected chi connectivity index (χ4v) is 2.47. The van der Waals surface area contributed by atoms with Gasteiger partial charge in [-0.05, 0) is 26.2 Å². The Bertz CT molecular complexity index is 709. The Morgan fingerprint density at radius 2 is 1.56 bits per heavy atom. The minimum atomic E-state index is -1.58. The largest absolute Gasteiger partial charge is 0.481 e. The molecule has 4 unspecified atom stereocenters. The Kier molecular flexibility index (Phi) is 13.0. The van der Waals surface area contributed by atoms with Crippen LogP contribution in [0.5, 0.6) is 0 Å². The molecule has 0 spiro atoms. The first kappa shape index (κ1) is 28.5. The summed E-state index contributed by atoms with van der Waals surface area (Å²) in [6, 6.07) is -4.27. The first-order valence-corrected chi connectivity index (χ1v) is 9.67. The number of carbonyl (C=O) groups is 5. The van der Waals surface area contributed by atoms with Crippen LogP contribution < -0.4 is 33.2 Å². The van der Waals surface area contributed by atoms with Gasteiger partial charge in [0.1, 0.15) is 18.1 Å². The average molecular weight is 461 g/mol. The highest BCUT2D eigenvalue weighted by molar-refractivity contribution is 5.94. The molecule has 15 nitrogen and oxygen atoms in total. The molecule has 0 aromatic rings. The Labute approximate surface area is 183 Å². The van der Waals surface area contributed by atoms with E-state index >= 15 is 0 Å². The van der Waals surface area contributed by atoms with Crippen LogP contribution >= 0.6 is 0 Å². The second kappa shape index (κ2) is 14.5. The van der Waals surface area contributed by atoms with Gasteiger partial charge in [0.05, 0.1) is 12.6 Å². The van der Waals surface area contributed by atoms with Crippen molar-refractivity contribution < 1.29 is 39.3 Å². The van der Waals surface area contributed by atoms with Crippen LogP contribution in [0.2, 0.25) is 0 Å². The molecule has 0 fully saturated rings. The number of rotatable bonds is 15. The summed E-state index contributed by atoms with van der Waals surface area (Å²) >= 11 is 0. The molecule has 15 heteroatoms. The van der Waals surface area contributed by atoms with E-state index in [4.69, 9.17) is 27.4 Å². The van der Waals surface area contributed by atoms with Crippen LogP contribution in [-0.4, -0.2) is 88.3 Å². The third kappa shape index (κ3) is 11.7. The smallest absolute Gasteiger partial charge is 0.326 e. The molecular formula is C17H31N7O8. The van der Waals surface area contributed by atoms with Gasteiger partial charge in [-0.25, -0.2) is 4.79 Å². The summed E-state index contributed by atoms with van der Waals surface area (Å²) in [7, 11) is 0. The molecule has 0 rings (SSSR count). The highest BCUT2D eigenvalue weighted by Gasteiger charge is 2.32. The van der Waals surface area contributed by atoms with Crippen LogP contribution in [0.25, 0.3) is 0 Å². The number of nitrogens with two attached hydrogens (primary N) is 3. The van der Waals surface area contributed by atoms with Crippen molar-refractivity contribution >= 4 is 35.6 Å². The van der Waals surface area contributed by atoms with Crippen LogP contribution in [0.3, 0.4) is 0 Å². The number of aliphatic carboxylic acids is 2. The van der Waals surface area contributed by atoms with Gasteiger partial charge >= 0.3 is 11.9 Å². The number of aliphatic hydroxyl groups excluding tert-OH is 1. The fourth-order valence-electron chi connectivity index (χ4n) is 2.47. The van der Waals surface area contributed by atoms with Crippen molar-refractivity contribution in [3.8, 4) is 0 Å². The van der Waals surface area contributed by atoms with E-state index in [9.17, 15) is 29.1 Å². The van der Waals surface area contributed by atoms with Gasteiger partial charge in [-0.2, -0.15) is 0 Å². The van der Waals surface area contributed by atoms with Gasteiger partial charge in [-0.3, -0.25) is 24.2 Å². The monoisotopic (exact) mass is 461 g/mol. The predicted molar refractivity (Wildman–Crippen MR) is 111 cm³/mol. The molecule has 0 radical (unpaired) electrons. The molecule has 3 amide bonds. The number of guanidine groups is 1. The highest BCUT2D eigenvalue weighted by atomic mass is 16.4. The zero-order chi connectivity index (χ0) is 24.8. The van der Waals surface area contributed by atoms with E-state index in [0.717, 1.165) is 0 Å². The normalized spacial score (nSPS) is 14.2. The van der Waals surface area contributed by atoms with E-state index in [0.29, 0.717) is 0 Å². The molecule has 0 saturated heterocycles. The number of aliphatic imine (C=N–C) groups is 1. The Morgan fingerprint density at radius 1 is 0.938 bits per heavy atom. The van der Waals surface area contributed by atoms with Crippen molar-refractivity contribution in [1.82, 2.24) is 16.0 Å². The minimum Gasteiger partial charge on any atom is -0.481 e. The van der Waals surface area contributed by atoms with Crippen LogP contribution in [0.1, 0.15) is 32.6 Å². The van der Waals surface area contributed by atoms with Gasteiger partial charge in [0.15, 0.2) is 5.96 Å². The molecular weight excluding hydrogens is 430 g/mol. The van der Waals surface area contributed by atoms with Gasteiger partial charge < -0.3 is 48.5 Å². The number of amides is 3. The number of hydrogen-bond donors (Lipinski definition) is 9. The van der Waals surface area contributed by atoms with Crippen molar-refractivity contribution in [1.29, 1.82) is 0 Å². The summed E-state index contributed by atoms with van der Waals surface area (Å²) in [6.07, 6.45) is -2.02. The van der Waals surface area contributed by atoms with Crippen LogP contribution in [0, 0.1) is 0 Å². The van der Waals surface area contributed by atoms with Gasteiger partial charge in [0.2, 0.25) is 17.7 Å². The van der Waals surface area contributed by atoms with Crippen molar-refractivity contribution in [3.63, 3.8) is 0 Å². The van der Waals surface area contributed by atoms with Gasteiger partial charge in [0.25, 0.3) is 0 Å². The number of aliphatic hydroxyl groups is 1. The zero-order valence-corrected chi connectivity index (χ0v) is 17.6. The van der Waals surface area contributed by atoms with Gasteiger partial charge in [-0.1, -0.05) is 0 Å². The Balaban J connectivity index is 5.30. The van der Waals surface area contributed by atoms with Crippen LogP contribution in [0.4, 0.5) is 0 Å². The average Bonchev–Trinajstić information content (AvgIpc) is 2.69. The molecule has 0 heterocycles. The van der Waals surface area contributed by atoms with E-state index in [2.05, 4.69) is 20.9 Å². The third-order valence-electron chi connectivity index (χ3n) is 4.11. The van der Waals surface area contributed by atoms with Crippen molar-refractivity contribution in [2.45, 2.75) is 56.8 Å². The quantitative estimate of drug-likeness (QED) is 0.0640. The van der Waals surface area contributed by atoms with Gasteiger partial charge in [0, 0.05) is 13.0 Å². The first-order valence-electron chi connectivity index (χ1n) is 9.67. The highest BCUT2D eigenvalue weighted by Crippen LogP contribution is 2.04. The summed E-state index contributed by atoms with van der Waals surface area (Å²) in [5.74, 6) is -5.43. The fraction of sp³-hybridized carbons (Fsp3) is 0.647. The maximum absolute atomic E-state index is 12.6. The lowest BCUT2D eigenvalue weighted by atomic mass is 10.1. The number of nitrogens with one attached hydrogen (secondary N) is 3. The maximum atomic E-state index is 12.6. The lowest BCUT2D eigenvalue weighted by molar-refractivity contribution is -0.144. The van der Waals surface area contributed by atoms with E-state index in [1.54, 1.807) is 0 Å². The SMILES string of the molecule is CC(O)C(NC(=O)C(CCCN=C(N)N)NC(=O)CN)C(=O)NC(CCC(=O)O)C(=O)O. The molecule has 0 aliphatic heterocycles.